The van der Waals surface area contributed by atoms with E-state index in [1.54, 1.807) is 18.6 Å². The highest BCUT2D eigenvalue weighted by Crippen LogP contribution is 2.37. The van der Waals surface area contributed by atoms with Crippen molar-refractivity contribution in [3.05, 3.63) is 60.7 Å². The van der Waals surface area contributed by atoms with E-state index in [2.05, 4.69) is 61.8 Å². The molecule has 34 heavy (non-hydrogen) atoms. The number of hydrogen-bond acceptors (Lipinski definition) is 6. The first-order valence-corrected chi connectivity index (χ1v) is 11.5. The van der Waals surface area contributed by atoms with Crippen molar-refractivity contribution in [2.45, 2.75) is 23.5 Å². The molecule has 1 N–H and O–H groups in total. The average molecular weight is 447 g/mol. The summed E-state index contributed by atoms with van der Waals surface area (Å²) in [4.78, 5) is 24.2. The molecule has 0 unspecified atom stereocenters. The molecule has 4 heterocycles. The second-order valence-electron chi connectivity index (χ2n) is 10.2. The molecule has 1 fully saturated rings. The van der Waals surface area contributed by atoms with E-state index in [1.165, 1.54) is 0 Å². The van der Waals surface area contributed by atoms with Crippen LogP contribution in [0.3, 0.4) is 0 Å². The molecule has 1 aromatic carbocycles. The van der Waals surface area contributed by atoms with Crippen molar-refractivity contribution >= 4 is 59.8 Å². The van der Waals surface area contributed by atoms with Gasteiger partial charge in [-0.15, -0.1) is 10.2 Å². The first-order chi connectivity index (χ1) is 16.1. The van der Waals surface area contributed by atoms with Crippen LogP contribution in [-0.4, -0.2) is 72.7 Å². The number of amides is 1. The van der Waals surface area contributed by atoms with Gasteiger partial charge in [0.05, 0.1) is 23.7 Å². The molecule has 1 saturated heterocycles. The molecule has 0 atom stereocenters. The summed E-state index contributed by atoms with van der Waals surface area (Å²) in [5, 5.41) is 12.2. The van der Waals surface area contributed by atoms with Crippen LogP contribution in [0.1, 0.15) is 23.2 Å². The first kappa shape index (κ1) is 22.3. The van der Waals surface area contributed by atoms with Crippen LogP contribution in [-0.2, 0) is 7.05 Å². The number of aromatic nitrogens is 5. The number of nitrogens with one attached hydrogen (secondary N) is 1. The molecule has 5 rings (SSSR count). The normalized spacial score (nSPS) is 16.6. The van der Waals surface area contributed by atoms with Crippen LogP contribution < -0.4 is 10.2 Å². The van der Waals surface area contributed by atoms with Gasteiger partial charge in [0.25, 0.3) is 5.91 Å². The van der Waals surface area contributed by atoms with Gasteiger partial charge in [0.15, 0.2) is 5.82 Å². The minimum absolute atomic E-state index is 0.0268. The van der Waals surface area contributed by atoms with Crippen LogP contribution in [0, 0.1) is 0 Å². The molecule has 0 aliphatic carbocycles. The Kier molecular flexibility index (Phi) is 5.26. The van der Waals surface area contributed by atoms with Crippen LogP contribution in [0.5, 0.6) is 0 Å². The van der Waals surface area contributed by atoms with Crippen LogP contribution in [0.4, 0.5) is 11.6 Å². The highest BCUT2D eigenvalue weighted by atomic mass is 16.1. The number of pyridine rings is 1. The summed E-state index contributed by atoms with van der Waals surface area (Å²) in [6.45, 7) is 0. The molecular formula is C22H25B4N7O. The SMILES string of the molecule is BC1(B)CCC(B)(B)N1c1cc(C(=O)Nc2cc3cc(-c4cncn4C)ccc3nn2)ccn1. The molecule has 166 valence electrons. The average Bonchev–Trinajstić information content (AvgIpc) is 3.32. The third kappa shape index (κ3) is 3.97. The molecule has 0 bridgehead atoms. The van der Waals surface area contributed by atoms with E-state index >= 15 is 0 Å². The topological polar surface area (TPSA) is 88.8 Å². The lowest BCUT2D eigenvalue weighted by atomic mass is 9.58. The van der Waals surface area contributed by atoms with Crippen LogP contribution in [0.25, 0.3) is 22.2 Å². The van der Waals surface area contributed by atoms with Crippen molar-refractivity contribution in [1.29, 1.82) is 0 Å². The summed E-state index contributed by atoms with van der Waals surface area (Å²) in [7, 11) is 10.8. The molecule has 8 nitrogen and oxygen atoms in total. The van der Waals surface area contributed by atoms with Crippen molar-refractivity contribution < 1.29 is 4.79 Å². The lowest BCUT2D eigenvalue weighted by Crippen LogP contribution is -2.56. The molecule has 12 heteroatoms. The highest BCUT2D eigenvalue weighted by Gasteiger charge is 2.44. The molecular weight excluding hydrogens is 422 g/mol. The summed E-state index contributed by atoms with van der Waals surface area (Å²) < 4.78 is 1.96. The lowest BCUT2D eigenvalue weighted by molar-refractivity contribution is 0.102. The lowest BCUT2D eigenvalue weighted by Gasteiger charge is -2.43. The molecule has 0 saturated carbocycles. The second-order valence-corrected chi connectivity index (χ2v) is 10.2. The Morgan fingerprint density at radius 1 is 1.03 bits per heavy atom. The van der Waals surface area contributed by atoms with Gasteiger partial charge in [-0.2, -0.15) is 0 Å². The Bertz CT molecular complexity index is 1390. The number of rotatable bonds is 4. The third-order valence-corrected chi connectivity index (χ3v) is 6.74. The number of hydrogen-bond donors (Lipinski definition) is 1. The fourth-order valence-corrected chi connectivity index (χ4v) is 5.05. The number of anilines is 2. The number of benzene rings is 1. The zero-order chi connectivity index (χ0) is 24.1. The molecule has 0 spiro atoms. The fourth-order valence-electron chi connectivity index (χ4n) is 5.05. The minimum atomic E-state index is -0.241. The molecule has 4 aromatic rings. The summed E-state index contributed by atoms with van der Waals surface area (Å²) in [5.41, 5.74) is 3.32. The predicted octanol–water partition coefficient (Wildman–Crippen LogP) is -0.882. The number of carbonyl (C=O) groups excluding carboxylic acids is 1. The summed E-state index contributed by atoms with van der Waals surface area (Å²) in [5.74, 6) is 0.973. The molecule has 1 aliphatic heterocycles. The summed E-state index contributed by atoms with van der Waals surface area (Å²) in [6, 6.07) is 11.4. The quantitative estimate of drug-likeness (QED) is 0.410. The van der Waals surface area contributed by atoms with Gasteiger partial charge >= 0.3 is 0 Å². The summed E-state index contributed by atoms with van der Waals surface area (Å²) >= 11 is 0. The number of nitrogens with zero attached hydrogens (tertiary/aromatic N) is 6. The third-order valence-electron chi connectivity index (χ3n) is 6.74. The van der Waals surface area contributed by atoms with Gasteiger partial charge in [-0.25, -0.2) is 9.97 Å². The van der Waals surface area contributed by atoms with Gasteiger partial charge in [-0.3, -0.25) is 4.79 Å². The van der Waals surface area contributed by atoms with Gasteiger partial charge in [0.1, 0.15) is 37.2 Å². The van der Waals surface area contributed by atoms with Gasteiger partial charge in [-0.1, -0.05) is 6.07 Å². The van der Waals surface area contributed by atoms with E-state index < -0.39 is 0 Å². The maximum absolute atomic E-state index is 13.1. The van der Waals surface area contributed by atoms with Crippen molar-refractivity contribution in [1.82, 2.24) is 24.7 Å². The van der Waals surface area contributed by atoms with Gasteiger partial charge in [0, 0.05) is 29.8 Å². The minimum Gasteiger partial charge on any atom is -0.377 e. The zero-order valence-corrected chi connectivity index (χ0v) is 20.2. The second kappa shape index (κ2) is 8.04. The van der Waals surface area contributed by atoms with E-state index in [4.69, 9.17) is 0 Å². The molecule has 0 radical (unpaired) electrons. The Balaban J connectivity index is 1.42. The van der Waals surface area contributed by atoms with E-state index in [1.807, 2.05) is 48.1 Å². The van der Waals surface area contributed by atoms with Crippen LogP contribution in [0.2, 0.25) is 0 Å². The first-order valence-electron chi connectivity index (χ1n) is 11.5. The number of fused-ring (bicyclic) bond motifs is 1. The number of aryl methyl sites for hydroxylation is 1. The maximum Gasteiger partial charge on any atom is 0.257 e. The zero-order valence-electron chi connectivity index (χ0n) is 20.2. The van der Waals surface area contributed by atoms with Gasteiger partial charge in [-0.05, 0) is 53.8 Å². The Labute approximate surface area is 202 Å². The summed E-state index contributed by atoms with van der Waals surface area (Å²) in [6.07, 6.45) is 7.43. The van der Waals surface area contributed by atoms with E-state index in [9.17, 15) is 4.79 Å². The predicted molar refractivity (Wildman–Crippen MR) is 145 cm³/mol. The number of carbonyl (C=O) groups is 1. The van der Waals surface area contributed by atoms with Crippen molar-refractivity contribution in [3.8, 4) is 11.3 Å². The largest absolute Gasteiger partial charge is 0.377 e. The monoisotopic (exact) mass is 447 g/mol. The fraction of sp³-hybridized carbons (Fsp3) is 0.227. The maximum atomic E-state index is 13.1. The van der Waals surface area contributed by atoms with Crippen molar-refractivity contribution in [2.75, 3.05) is 10.2 Å². The van der Waals surface area contributed by atoms with Gasteiger partial charge < -0.3 is 14.8 Å². The Morgan fingerprint density at radius 2 is 1.79 bits per heavy atom. The number of imidazole rings is 1. The van der Waals surface area contributed by atoms with E-state index in [0.717, 1.165) is 40.8 Å². The molecule has 3 aromatic heterocycles. The van der Waals surface area contributed by atoms with Crippen LogP contribution >= 0.6 is 0 Å². The Morgan fingerprint density at radius 3 is 2.50 bits per heavy atom. The van der Waals surface area contributed by atoms with E-state index in [0.29, 0.717) is 11.4 Å². The van der Waals surface area contributed by atoms with Gasteiger partial charge in [0.2, 0.25) is 0 Å². The highest BCUT2D eigenvalue weighted by molar-refractivity contribution is 6.48. The molecule has 1 aliphatic rings. The smallest absolute Gasteiger partial charge is 0.257 e. The van der Waals surface area contributed by atoms with Crippen LogP contribution in [0.15, 0.2) is 55.1 Å². The standard InChI is InChI=1S/C22H25B4N7O/c1-32-12-27-11-17(32)13-2-3-16-15(8-13)9-18(31-30-16)29-20(34)14-4-7-28-19(10-14)33-21(23,24)5-6-22(33,25)26/h2-4,7-12H,5-6,23-26H2,1H3,(H,29,31,34). The molecule has 1 amide bonds. The van der Waals surface area contributed by atoms with E-state index in [-0.39, 0.29) is 16.6 Å². The van der Waals surface area contributed by atoms with Crippen molar-refractivity contribution in [2.24, 2.45) is 7.05 Å². The Hall–Kier alpha value is -3.55. The van der Waals surface area contributed by atoms with Crippen molar-refractivity contribution in [3.63, 3.8) is 0 Å².